The van der Waals surface area contributed by atoms with Gasteiger partial charge >= 0.3 is 6.18 Å². The summed E-state index contributed by atoms with van der Waals surface area (Å²) in [7, 11) is 0. The first kappa shape index (κ1) is 15.2. The lowest BCUT2D eigenvalue weighted by Gasteiger charge is -2.14. The summed E-state index contributed by atoms with van der Waals surface area (Å²) in [5.74, 6) is -1.99. The fourth-order valence-electron chi connectivity index (χ4n) is 1.82. The molecule has 1 saturated carbocycles. The van der Waals surface area contributed by atoms with Crippen molar-refractivity contribution in [3.05, 3.63) is 35.1 Å². The number of carbonyl (C=O) groups excluding carboxylic acids is 1. The van der Waals surface area contributed by atoms with Gasteiger partial charge in [-0.25, -0.2) is 4.39 Å². The Balaban J connectivity index is 2.10. The van der Waals surface area contributed by atoms with Gasteiger partial charge in [-0.3, -0.25) is 4.79 Å². The average molecular weight is 307 g/mol. The Morgan fingerprint density at radius 3 is 2.55 bits per heavy atom. The molecule has 0 aromatic heterocycles. The van der Waals surface area contributed by atoms with E-state index in [1.807, 2.05) is 6.26 Å². The maximum Gasteiger partial charge on any atom is 0.419 e. The van der Waals surface area contributed by atoms with Crippen LogP contribution in [0.25, 0.3) is 0 Å². The number of carbonyl (C=O) groups is 1. The minimum atomic E-state index is -4.81. The molecule has 1 aromatic rings. The largest absolute Gasteiger partial charge is 0.419 e. The molecule has 0 radical (unpaired) electrons. The first-order chi connectivity index (χ1) is 9.27. The zero-order valence-corrected chi connectivity index (χ0v) is 11.5. The molecule has 1 aliphatic rings. The lowest BCUT2D eigenvalue weighted by molar-refractivity contribution is -0.140. The van der Waals surface area contributed by atoms with Crippen molar-refractivity contribution in [1.29, 1.82) is 0 Å². The van der Waals surface area contributed by atoms with Crippen LogP contribution in [0.1, 0.15) is 28.8 Å². The van der Waals surface area contributed by atoms with Crippen LogP contribution in [-0.2, 0) is 6.18 Å². The molecule has 1 fully saturated rings. The molecule has 0 aliphatic heterocycles. The molecule has 0 atom stereocenters. The lowest BCUT2D eigenvalue weighted by atomic mass is 10.1. The van der Waals surface area contributed by atoms with Gasteiger partial charge in [-0.05, 0) is 37.3 Å². The number of hydrogen-bond donors (Lipinski definition) is 1. The molecular formula is C13H13F4NOS. The van der Waals surface area contributed by atoms with Gasteiger partial charge in [0.15, 0.2) is 0 Å². The van der Waals surface area contributed by atoms with Crippen LogP contribution < -0.4 is 5.32 Å². The fraction of sp³-hybridized carbons (Fsp3) is 0.462. The second-order valence-corrected chi connectivity index (χ2v) is 6.04. The molecule has 110 valence electrons. The van der Waals surface area contributed by atoms with Gasteiger partial charge in [-0.15, -0.1) is 0 Å². The van der Waals surface area contributed by atoms with Gasteiger partial charge in [0.2, 0.25) is 0 Å². The zero-order chi connectivity index (χ0) is 15.0. The Bertz CT molecular complexity index is 526. The van der Waals surface area contributed by atoms with E-state index in [4.69, 9.17) is 0 Å². The number of rotatable bonds is 4. The van der Waals surface area contributed by atoms with E-state index in [0.29, 0.717) is 18.7 Å². The summed E-state index contributed by atoms with van der Waals surface area (Å²) in [6.45, 7) is 0.408. The molecule has 2 nitrogen and oxygen atoms in total. The number of thioether (sulfide) groups is 1. The number of hydrogen-bond acceptors (Lipinski definition) is 2. The van der Waals surface area contributed by atoms with Crippen LogP contribution in [0.3, 0.4) is 0 Å². The van der Waals surface area contributed by atoms with Crippen LogP contribution in [0.2, 0.25) is 0 Å². The van der Waals surface area contributed by atoms with Crippen LogP contribution in [0.5, 0.6) is 0 Å². The molecule has 0 bridgehead atoms. The quantitative estimate of drug-likeness (QED) is 0.863. The number of benzene rings is 1. The van der Waals surface area contributed by atoms with E-state index in [1.54, 1.807) is 11.8 Å². The highest BCUT2D eigenvalue weighted by atomic mass is 32.2. The normalized spacial score (nSPS) is 16.9. The van der Waals surface area contributed by atoms with Crippen LogP contribution in [0.4, 0.5) is 17.6 Å². The second kappa shape index (κ2) is 5.27. The Hall–Kier alpha value is -1.24. The van der Waals surface area contributed by atoms with Crippen molar-refractivity contribution in [2.75, 3.05) is 12.8 Å². The van der Waals surface area contributed by atoms with Crippen molar-refractivity contribution in [2.45, 2.75) is 23.8 Å². The summed E-state index contributed by atoms with van der Waals surface area (Å²) >= 11 is 1.63. The van der Waals surface area contributed by atoms with Crippen molar-refractivity contribution in [2.24, 2.45) is 0 Å². The monoisotopic (exact) mass is 307 g/mol. The zero-order valence-electron chi connectivity index (χ0n) is 10.7. The van der Waals surface area contributed by atoms with Crippen LogP contribution in [0.15, 0.2) is 18.2 Å². The molecular weight excluding hydrogens is 294 g/mol. The minimum absolute atomic E-state index is 0.0164. The Kier molecular flexibility index (Phi) is 4.00. The number of halogens is 4. The van der Waals surface area contributed by atoms with Crippen molar-refractivity contribution in [3.8, 4) is 0 Å². The highest BCUT2D eigenvalue weighted by molar-refractivity contribution is 8.00. The highest BCUT2D eigenvalue weighted by Gasteiger charge is 2.42. The van der Waals surface area contributed by atoms with Crippen LogP contribution in [0, 0.1) is 5.82 Å². The van der Waals surface area contributed by atoms with E-state index < -0.39 is 23.5 Å². The predicted octanol–water partition coefficient (Wildman–Crippen LogP) is 3.47. The SMILES string of the molecule is CSC1(CNC(=O)c2ccc(F)c(C(F)(F)F)c2)CC1. The summed E-state index contributed by atoms with van der Waals surface area (Å²) in [6.07, 6.45) is -0.923. The standard InChI is InChI=1S/C13H13F4NOS/c1-20-12(4-5-12)7-18-11(19)8-2-3-10(14)9(6-8)13(15,16)17/h2-3,6H,4-5,7H2,1H3,(H,18,19). The van der Waals surface area contributed by atoms with Gasteiger partial charge in [-0.1, -0.05) is 0 Å². The Morgan fingerprint density at radius 2 is 2.05 bits per heavy atom. The van der Waals surface area contributed by atoms with Crippen LogP contribution in [-0.4, -0.2) is 23.5 Å². The molecule has 0 spiro atoms. The molecule has 7 heteroatoms. The molecule has 0 unspecified atom stereocenters. The van der Waals surface area contributed by atoms with Gasteiger partial charge in [0.05, 0.1) is 5.56 Å². The van der Waals surface area contributed by atoms with Gasteiger partial charge < -0.3 is 5.32 Å². The van der Waals surface area contributed by atoms with Crippen molar-refractivity contribution in [3.63, 3.8) is 0 Å². The van der Waals surface area contributed by atoms with Crippen molar-refractivity contribution in [1.82, 2.24) is 5.32 Å². The molecule has 1 amide bonds. The van der Waals surface area contributed by atoms with E-state index in [2.05, 4.69) is 5.32 Å². The maximum atomic E-state index is 13.1. The van der Waals surface area contributed by atoms with Gasteiger partial charge in [-0.2, -0.15) is 24.9 Å². The van der Waals surface area contributed by atoms with E-state index in [0.717, 1.165) is 18.9 Å². The summed E-state index contributed by atoms with van der Waals surface area (Å²) in [4.78, 5) is 11.8. The third-order valence-corrected chi connectivity index (χ3v) is 4.76. The van der Waals surface area contributed by atoms with Gasteiger partial charge in [0.25, 0.3) is 5.91 Å². The smallest absolute Gasteiger partial charge is 0.351 e. The highest BCUT2D eigenvalue weighted by Crippen LogP contribution is 2.46. The molecule has 0 saturated heterocycles. The van der Waals surface area contributed by atoms with E-state index in [9.17, 15) is 22.4 Å². The van der Waals surface area contributed by atoms with Crippen LogP contribution >= 0.6 is 11.8 Å². The third-order valence-electron chi connectivity index (χ3n) is 3.35. The molecule has 1 N–H and O–H groups in total. The molecule has 1 aromatic carbocycles. The summed E-state index contributed by atoms with van der Waals surface area (Å²) in [6, 6.07) is 2.26. The van der Waals surface area contributed by atoms with Gasteiger partial charge in [0.1, 0.15) is 5.82 Å². The Labute approximate surface area is 117 Å². The molecule has 20 heavy (non-hydrogen) atoms. The molecule has 1 aliphatic carbocycles. The number of amides is 1. The summed E-state index contributed by atoms with van der Waals surface area (Å²) < 4.78 is 50.8. The molecule has 0 heterocycles. The lowest BCUT2D eigenvalue weighted by Crippen LogP contribution is -2.31. The third kappa shape index (κ3) is 3.26. The minimum Gasteiger partial charge on any atom is -0.351 e. The average Bonchev–Trinajstić information content (AvgIpc) is 3.16. The predicted molar refractivity (Wildman–Crippen MR) is 69.2 cm³/mol. The second-order valence-electron chi connectivity index (χ2n) is 4.76. The first-order valence-electron chi connectivity index (χ1n) is 5.97. The number of nitrogens with one attached hydrogen (secondary N) is 1. The van der Waals surface area contributed by atoms with E-state index in [1.165, 1.54) is 0 Å². The molecule has 2 rings (SSSR count). The number of alkyl halides is 3. The van der Waals surface area contributed by atoms with Crippen molar-refractivity contribution < 1.29 is 22.4 Å². The summed E-state index contributed by atoms with van der Waals surface area (Å²) in [5, 5.41) is 2.60. The maximum absolute atomic E-state index is 13.1. The first-order valence-corrected chi connectivity index (χ1v) is 7.20. The van der Waals surface area contributed by atoms with Gasteiger partial charge in [0, 0.05) is 16.9 Å². The Morgan fingerprint density at radius 1 is 1.40 bits per heavy atom. The van der Waals surface area contributed by atoms with E-state index in [-0.39, 0.29) is 10.3 Å². The fourth-order valence-corrected chi connectivity index (χ4v) is 2.55. The topological polar surface area (TPSA) is 29.1 Å². The van der Waals surface area contributed by atoms with E-state index >= 15 is 0 Å². The summed E-state index contributed by atoms with van der Waals surface area (Å²) in [5.41, 5.74) is -1.60. The van der Waals surface area contributed by atoms with Crippen molar-refractivity contribution >= 4 is 17.7 Å².